The van der Waals surface area contributed by atoms with Crippen molar-refractivity contribution in [1.29, 1.82) is 0 Å². The van der Waals surface area contributed by atoms with Gasteiger partial charge in [-0.1, -0.05) is 36.6 Å². The number of hydrogen-bond donors (Lipinski definition) is 6. The standard InChI is InChI=1S/C21H26N6O.C4H6O6/c22-18-10-5-6-11-19(18)24-21(28)12-4-2-1-3-7-14-27-16-20(25-26-27)17-9-8-13-23-15-17;5-1(3(7)8)2(6)4(9)10/h5-6,8-11,13,15-16H,1-4,7,12,14,22H2,(H,24,28);1-2,5-6H,(H,7,8)(H,9,10). The van der Waals surface area contributed by atoms with Gasteiger partial charge in [0.25, 0.3) is 0 Å². The second-order valence-corrected chi connectivity index (χ2v) is 8.33. The van der Waals surface area contributed by atoms with E-state index in [-0.39, 0.29) is 5.91 Å². The number of benzene rings is 1. The minimum atomic E-state index is -2.27. The number of unbranched alkanes of at least 4 members (excludes halogenated alkanes) is 4. The van der Waals surface area contributed by atoms with Crippen LogP contribution in [0, 0.1) is 0 Å². The molecule has 0 bridgehead atoms. The number of aliphatic hydroxyl groups is 2. The second kappa shape index (κ2) is 15.7. The normalized spacial score (nSPS) is 12.1. The molecule has 13 nitrogen and oxygen atoms in total. The molecular formula is C25H32N6O7. The molecule has 2 unspecified atom stereocenters. The lowest BCUT2D eigenvalue weighted by Crippen LogP contribution is -2.39. The molecule has 7 N–H and O–H groups in total. The zero-order valence-electron chi connectivity index (χ0n) is 20.7. The number of aliphatic hydroxyl groups excluding tert-OH is 2. The van der Waals surface area contributed by atoms with Crippen LogP contribution in [0.4, 0.5) is 11.4 Å². The second-order valence-electron chi connectivity index (χ2n) is 8.33. The van der Waals surface area contributed by atoms with Gasteiger partial charge in [0, 0.05) is 30.9 Å². The number of nitrogen functional groups attached to an aromatic ring is 1. The maximum absolute atomic E-state index is 12.0. The summed E-state index contributed by atoms with van der Waals surface area (Å²) in [5.74, 6) is -3.52. The van der Waals surface area contributed by atoms with Crippen LogP contribution in [0.25, 0.3) is 11.3 Å². The highest BCUT2D eigenvalue weighted by atomic mass is 16.4. The van der Waals surface area contributed by atoms with E-state index in [1.54, 1.807) is 18.5 Å². The summed E-state index contributed by atoms with van der Waals surface area (Å²) >= 11 is 0. The summed E-state index contributed by atoms with van der Waals surface area (Å²) in [6, 6.07) is 11.2. The lowest BCUT2D eigenvalue weighted by atomic mass is 10.1. The first-order valence-electron chi connectivity index (χ1n) is 12.0. The van der Waals surface area contributed by atoms with E-state index in [1.807, 2.05) is 41.2 Å². The average molecular weight is 529 g/mol. The van der Waals surface area contributed by atoms with Crippen LogP contribution < -0.4 is 11.1 Å². The number of amides is 1. The van der Waals surface area contributed by atoms with Crippen molar-refractivity contribution in [3.63, 3.8) is 0 Å². The van der Waals surface area contributed by atoms with Gasteiger partial charge in [0.15, 0.2) is 12.2 Å². The molecule has 0 fully saturated rings. The van der Waals surface area contributed by atoms with Gasteiger partial charge >= 0.3 is 11.9 Å². The van der Waals surface area contributed by atoms with Crippen molar-refractivity contribution in [2.45, 2.75) is 57.3 Å². The Labute approximate surface area is 218 Å². The van der Waals surface area contributed by atoms with Gasteiger partial charge in [-0.15, -0.1) is 5.10 Å². The number of carbonyl (C=O) groups excluding carboxylic acids is 1. The Hall–Kier alpha value is -4.36. The quantitative estimate of drug-likeness (QED) is 0.139. The third kappa shape index (κ3) is 10.3. The molecule has 0 saturated heterocycles. The topological polar surface area (TPSA) is 214 Å². The predicted molar refractivity (Wildman–Crippen MR) is 138 cm³/mol. The molecule has 2 heterocycles. The van der Waals surface area contributed by atoms with Crippen molar-refractivity contribution in [3.8, 4) is 11.3 Å². The van der Waals surface area contributed by atoms with E-state index >= 15 is 0 Å². The van der Waals surface area contributed by atoms with E-state index in [1.165, 1.54) is 0 Å². The molecule has 0 aliphatic rings. The maximum Gasteiger partial charge on any atom is 0.335 e. The fourth-order valence-electron chi connectivity index (χ4n) is 3.24. The molecule has 1 aromatic carbocycles. The minimum absolute atomic E-state index is 0.0171. The number of pyridine rings is 1. The van der Waals surface area contributed by atoms with Crippen LogP contribution in [0.2, 0.25) is 0 Å². The number of aliphatic carboxylic acids is 2. The number of nitrogens with two attached hydrogens (primary N) is 1. The summed E-state index contributed by atoms with van der Waals surface area (Å²) in [6.07, 6.45) is 6.65. The summed E-state index contributed by atoms with van der Waals surface area (Å²) in [6.45, 7) is 0.848. The van der Waals surface area contributed by atoms with Gasteiger partial charge in [0.2, 0.25) is 5.91 Å². The van der Waals surface area contributed by atoms with Crippen LogP contribution in [0.3, 0.4) is 0 Å². The number of carboxylic acids is 2. The molecule has 0 aliphatic carbocycles. The molecule has 13 heteroatoms. The molecule has 0 aliphatic heterocycles. The molecular weight excluding hydrogens is 496 g/mol. The molecule has 2 aromatic heterocycles. The molecule has 204 valence electrons. The highest BCUT2D eigenvalue weighted by Gasteiger charge is 2.29. The Morgan fingerprint density at radius 2 is 1.58 bits per heavy atom. The summed E-state index contributed by atoms with van der Waals surface area (Å²) in [7, 11) is 0. The zero-order chi connectivity index (χ0) is 27.9. The summed E-state index contributed by atoms with van der Waals surface area (Å²) in [4.78, 5) is 35.6. The number of nitrogens with zero attached hydrogens (tertiary/aromatic N) is 4. The largest absolute Gasteiger partial charge is 0.479 e. The van der Waals surface area contributed by atoms with Gasteiger partial charge in [-0.05, 0) is 37.1 Å². The number of carbonyl (C=O) groups is 3. The van der Waals surface area contributed by atoms with Gasteiger partial charge in [-0.2, -0.15) is 0 Å². The first kappa shape index (κ1) is 29.9. The summed E-state index contributed by atoms with van der Waals surface area (Å²) in [5, 5.41) is 43.8. The van der Waals surface area contributed by atoms with Crippen LogP contribution in [-0.2, 0) is 20.9 Å². The number of hydrogen-bond acceptors (Lipinski definition) is 9. The lowest BCUT2D eigenvalue weighted by molar-refractivity contribution is -0.165. The van der Waals surface area contributed by atoms with Crippen molar-refractivity contribution < 1.29 is 34.8 Å². The van der Waals surface area contributed by atoms with Crippen molar-refractivity contribution >= 4 is 29.2 Å². The van der Waals surface area contributed by atoms with Crippen LogP contribution in [0.5, 0.6) is 0 Å². The van der Waals surface area contributed by atoms with Crippen molar-refractivity contribution in [1.82, 2.24) is 20.0 Å². The number of nitrogens with one attached hydrogen (secondary N) is 1. The highest BCUT2D eigenvalue weighted by molar-refractivity contribution is 5.93. The van der Waals surface area contributed by atoms with E-state index in [2.05, 4.69) is 20.6 Å². The Bertz CT molecular complexity index is 1150. The third-order valence-corrected chi connectivity index (χ3v) is 5.33. The monoisotopic (exact) mass is 528 g/mol. The molecule has 2 atom stereocenters. The first-order chi connectivity index (χ1) is 18.2. The molecule has 38 heavy (non-hydrogen) atoms. The molecule has 1 amide bonds. The van der Waals surface area contributed by atoms with E-state index in [0.717, 1.165) is 49.9 Å². The summed E-state index contributed by atoms with van der Waals surface area (Å²) in [5.41, 5.74) is 8.93. The van der Waals surface area contributed by atoms with Crippen LogP contribution >= 0.6 is 0 Å². The van der Waals surface area contributed by atoms with Crippen LogP contribution in [-0.4, -0.2) is 70.5 Å². The summed E-state index contributed by atoms with van der Waals surface area (Å²) < 4.78 is 1.88. The number of para-hydroxylation sites is 2. The Kier molecular flexibility index (Phi) is 12.3. The smallest absolute Gasteiger partial charge is 0.335 e. The van der Waals surface area contributed by atoms with Crippen LogP contribution in [0.15, 0.2) is 55.0 Å². The number of carboxylic acid groups (broad SMARTS) is 2. The van der Waals surface area contributed by atoms with Crippen molar-refractivity contribution in [2.24, 2.45) is 0 Å². The predicted octanol–water partition coefficient (Wildman–Crippen LogP) is 1.78. The number of aryl methyl sites for hydroxylation is 1. The number of aromatic nitrogens is 4. The zero-order valence-corrected chi connectivity index (χ0v) is 20.7. The SMILES string of the molecule is Nc1ccccc1NC(=O)CCCCCCCn1cc(-c2cccnc2)nn1.O=C(O)C(O)C(O)C(=O)O. The van der Waals surface area contributed by atoms with Gasteiger partial charge in [-0.25, -0.2) is 9.59 Å². The van der Waals surface area contributed by atoms with Crippen molar-refractivity contribution in [3.05, 3.63) is 55.0 Å². The van der Waals surface area contributed by atoms with Gasteiger partial charge in [0.05, 0.1) is 17.6 Å². The van der Waals surface area contributed by atoms with Gasteiger partial charge in [-0.3, -0.25) is 14.5 Å². The van der Waals surface area contributed by atoms with E-state index < -0.39 is 24.1 Å². The average Bonchev–Trinajstić information content (AvgIpc) is 3.38. The Balaban J connectivity index is 0.000000432. The van der Waals surface area contributed by atoms with E-state index in [4.69, 9.17) is 26.2 Å². The fraction of sp³-hybridized carbons (Fsp3) is 0.360. The maximum atomic E-state index is 12.0. The lowest BCUT2D eigenvalue weighted by Gasteiger charge is -2.07. The minimum Gasteiger partial charge on any atom is -0.479 e. The van der Waals surface area contributed by atoms with Gasteiger partial charge in [0.1, 0.15) is 5.69 Å². The Morgan fingerprint density at radius 1 is 0.921 bits per heavy atom. The van der Waals surface area contributed by atoms with Crippen LogP contribution in [0.1, 0.15) is 38.5 Å². The van der Waals surface area contributed by atoms with E-state index in [9.17, 15) is 14.4 Å². The Morgan fingerprint density at radius 3 is 2.21 bits per heavy atom. The number of rotatable bonds is 13. The first-order valence-corrected chi connectivity index (χ1v) is 12.0. The third-order valence-electron chi connectivity index (χ3n) is 5.33. The van der Waals surface area contributed by atoms with E-state index in [0.29, 0.717) is 17.8 Å². The molecule has 0 saturated carbocycles. The molecule has 0 spiro atoms. The number of anilines is 2. The van der Waals surface area contributed by atoms with Gasteiger partial charge < -0.3 is 31.5 Å². The molecule has 3 aromatic rings. The molecule has 0 radical (unpaired) electrons. The molecule has 3 rings (SSSR count). The highest BCUT2D eigenvalue weighted by Crippen LogP contribution is 2.18. The van der Waals surface area contributed by atoms with Crippen molar-refractivity contribution in [2.75, 3.05) is 11.1 Å². The fourth-order valence-corrected chi connectivity index (χ4v) is 3.24.